The predicted octanol–water partition coefficient (Wildman–Crippen LogP) is 2.50. The van der Waals surface area contributed by atoms with Gasteiger partial charge in [0.05, 0.1) is 0 Å². The highest BCUT2D eigenvalue weighted by Gasteiger charge is 2.24. The summed E-state index contributed by atoms with van der Waals surface area (Å²) in [6.07, 6.45) is -0.339. The standard InChI is InChI=1S/C15H13NO2/c17-14-10-18-15(16-14)13-9-5-4-8-12(13)11-6-2-1-3-7-11/h1-9,15H,10H2,(H,16,17). The number of amides is 1. The molecule has 0 bridgehead atoms. The molecular weight excluding hydrogens is 226 g/mol. The Morgan fingerprint density at radius 1 is 1.00 bits per heavy atom. The second-order valence-corrected chi connectivity index (χ2v) is 4.21. The van der Waals surface area contributed by atoms with Crippen molar-refractivity contribution in [2.24, 2.45) is 0 Å². The van der Waals surface area contributed by atoms with Crippen molar-refractivity contribution in [3.05, 3.63) is 60.2 Å². The van der Waals surface area contributed by atoms with Gasteiger partial charge < -0.3 is 10.1 Å². The number of hydrogen-bond acceptors (Lipinski definition) is 2. The molecule has 0 aliphatic carbocycles. The summed E-state index contributed by atoms with van der Waals surface area (Å²) in [5.41, 5.74) is 3.21. The van der Waals surface area contributed by atoms with E-state index in [4.69, 9.17) is 4.74 Å². The van der Waals surface area contributed by atoms with Crippen LogP contribution in [-0.2, 0) is 9.53 Å². The molecule has 0 aromatic heterocycles. The summed E-state index contributed by atoms with van der Waals surface area (Å²) in [5.74, 6) is -0.0668. The van der Waals surface area contributed by atoms with Crippen LogP contribution in [-0.4, -0.2) is 12.5 Å². The highest BCUT2D eigenvalue weighted by molar-refractivity contribution is 5.80. The predicted molar refractivity (Wildman–Crippen MR) is 68.7 cm³/mol. The Morgan fingerprint density at radius 3 is 2.44 bits per heavy atom. The first-order valence-corrected chi connectivity index (χ1v) is 5.90. The quantitative estimate of drug-likeness (QED) is 0.874. The fraction of sp³-hybridized carbons (Fsp3) is 0.133. The molecule has 1 aliphatic rings. The molecule has 2 aromatic carbocycles. The van der Waals surface area contributed by atoms with Crippen LogP contribution in [0.2, 0.25) is 0 Å². The van der Waals surface area contributed by atoms with Crippen LogP contribution in [0.5, 0.6) is 0 Å². The number of carbonyl (C=O) groups is 1. The monoisotopic (exact) mass is 239 g/mol. The Hall–Kier alpha value is -2.13. The van der Waals surface area contributed by atoms with Crippen molar-refractivity contribution in [3.8, 4) is 11.1 Å². The Morgan fingerprint density at radius 2 is 1.72 bits per heavy atom. The van der Waals surface area contributed by atoms with E-state index in [1.165, 1.54) is 0 Å². The number of hydrogen-bond donors (Lipinski definition) is 1. The lowest BCUT2D eigenvalue weighted by Crippen LogP contribution is -2.19. The topological polar surface area (TPSA) is 38.3 Å². The van der Waals surface area contributed by atoms with Gasteiger partial charge >= 0.3 is 0 Å². The van der Waals surface area contributed by atoms with E-state index in [1.807, 2.05) is 42.5 Å². The first-order chi connectivity index (χ1) is 8.84. The lowest BCUT2D eigenvalue weighted by molar-refractivity contribution is -0.119. The van der Waals surface area contributed by atoms with Crippen LogP contribution in [0.1, 0.15) is 11.8 Å². The molecule has 1 N–H and O–H groups in total. The SMILES string of the molecule is O=C1COC(c2ccccc2-c2ccccc2)N1. The van der Waals surface area contributed by atoms with E-state index in [9.17, 15) is 4.79 Å². The largest absolute Gasteiger partial charge is 0.344 e. The van der Waals surface area contributed by atoms with E-state index in [2.05, 4.69) is 17.4 Å². The van der Waals surface area contributed by atoms with Gasteiger partial charge in [-0.3, -0.25) is 4.79 Å². The highest BCUT2D eigenvalue weighted by Crippen LogP contribution is 2.29. The number of benzene rings is 2. The Labute approximate surface area is 105 Å². The minimum absolute atomic E-state index is 0.0668. The molecule has 1 heterocycles. The van der Waals surface area contributed by atoms with Gasteiger partial charge in [0.25, 0.3) is 0 Å². The molecule has 2 aromatic rings. The smallest absolute Gasteiger partial charge is 0.248 e. The Bertz CT molecular complexity index is 566. The van der Waals surface area contributed by atoms with Gasteiger partial charge in [0.1, 0.15) is 6.61 Å². The molecule has 1 aliphatic heterocycles. The van der Waals surface area contributed by atoms with E-state index >= 15 is 0 Å². The first kappa shape index (κ1) is 11.0. The van der Waals surface area contributed by atoms with Crippen molar-refractivity contribution in [1.82, 2.24) is 5.32 Å². The van der Waals surface area contributed by atoms with Crippen molar-refractivity contribution in [2.75, 3.05) is 6.61 Å². The zero-order chi connectivity index (χ0) is 12.4. The lowest BCUT2D eigenvalue weighted by atomic mass is 9.99. The third-order valence-electron chi connectivity index (χ3n) is 3.00. The molecule has 0 saturated carbocycles. The van der Waals surface area contributed by atoms with Crippen molar-refractivity contribution in [1.29, 1.82) is 0 Å². The summed E-state index contributed by atoms with van der Waals surface area (Å²) in [4.78, 5) is 11.2. The molecule has 1 saturated heterocycles. The van der Waals surface area contributed by atoms with E-state index < -0.39 is 0 Å². The van der Waals surface area contributed by atoms with Gasteiger partial charge in [-0.1, -0.05) is 54.6 Å². The molecule has 0 spiro atoms. The number of rotatable bonds is 2. The molecule has 90 valence electrons. The van der Waals surface area contributed by atoms with Crippen LogP contribution in [0.3, 0.4) is 0 Å². The van der Waals surface area contributed by atoms with Gasteiger partial charge in [-0.2, -0.15) is 0 Å². The maximum atomic E-state index is 11.2. The molecule has 0 radical (unpaired) electrons. The number of carbonyl (C=O) groups excluding carboxylic acids is 1. The van der Waals surface area contributed by atoms with Crippen LogP contribution in [0.25, 0.3) is 11.1 Å². The normalized spacial score (nSPS) is 18.7. The Kier molecular flexibility index (Phi) is 2.82. The van der Waals surface area contributed by atoms with Crippen LogP contribution in [0, 0.1) is 0 Å². The molecule has 3 rings (SSSR count). The summed E-state index contributed by atoms with van der Waals surface area (Å²) in [6, 6.07) is 18.1. The molecule has 1 unspecified atom stereocenters. The van der Waals surface area contributed by atoms with Gasteiger partial charge in [-0.05, 0) is 11.1 Å². The zero-order valence-electron chi connectivity index (χ0n) is 9.80. The van der Waals surface area contributed by atoms with Crippen molar-refractivity contribution >= 4 is 5.91 Å². The third kappa shape index (κ3) is 2.00. The van der Waals surface area contributed by atoms with E-state index in [0.717, 1.165) is 16.7 Å². The van der Waals surface area contributed by atoms with Crippen molar-refractivity contribution in [3.63, 3.8) is 0 Å². The number of ether oxygens (including phenoxy) is 1. The van der Waals surface area contributed by atoms with E-state index in [0.29, 0.717) is 0 Å². The second-order valence-electron chi connectivity index (χ2n) is 4.21. The van der Waals surface area contributed by atoms with Gasteiger partial charge in [0.2, 0.25) is 5.91 Å². The van der Waals surface area contributed by atoms with Gasteiger partial charge in [0.15, 0.2) is 6.23 Å². The highest BCUT2D eigenvalue weighted by atomic mass is 16.5. The molecule has 3 nitrogen and oxygen atoms in total. The third-order valence-corrected chi connectivity index (χ3v) is 3.00. The maximum Gasteiger partial charge on any atom is 0.248 e. The summed E-state index contributed by atoms with van der Waals surface area (Å²) < 4.78 is 5.45. The van der Waals surface area contributed by atoms with Crippen LogP contribution in [0.15, 0.2) is 54.6 Å². The first-order valence-electron chi connectivity index (χ1n) is 5.90. The van der Waals surface area contributed by atoms with Crippen LogP contribution in [0.4, 0.5) is 0 Å². The van der Waals surface area contributed by atoms with Gasteiger partial charge in [-0.15, -0.1) is 0 Å². The lowest BCUT2D eigenvalue weighted by Gasteiger charge is -2.15. The fourth-order valence-corrected chi connectivity index (χ4v) is 2.16. The molecule has 3 heteroatoms. The molecule has 1 fully saturated rings. The van der Waals surface area contributed by atoms with E-state index in [-0.39, 0.29) is 18.7 Å². The van der Waals surface area contributed by atoms with Crippen molar-refractivity contribution < 1.29 is 9.53 Å². The minimum Gasteiger partial charge on any atom is -0.344 e. The maximum absolute atomic E-state index is 11.2. The summed E-state index contributed by atoms with van der Waals surface area (Å²) in [6.45, 7) is 0.133. The van der Waals surface area contributed by atoms with E-state index in [1.54, 1.807) is 0 Å². The van der Waals surface area contributed by atoms with Gasteiger partial charge in [0, 0.05) is 5.56 Å². The second kappa shape index (κ2) is 4.63. The summed E-state index contributed by atoms with van der Waals surface area (Å²) in [5, 5.41) is 2.82. The molecule has 1 amide bonds. The average Bonchev–Trinajstić information content (AvgIpc) is 2.86. The van der Waals surface area contributed by atoms with Crippen LogP contribution >= 0.6 is 0 Å². The minimum atomic E-state index is -0.339. The molecule has 1 atom stereocenters. The summed E-state index contributed by atoms with van der Waals surface area (Å²) in [7, 11) is 0. The van der Waals surface area contributed by atoms with Crippen molar-refractivity contribution in [2.45, 2.75) is 6.23 Å². The van der Waals surface area contributed by atoms with Gasteiger partial charge in [-0.25, -0.2) is 0 Å². The van der Waals surface area contributed by atoms with Crippen LogP contribution < -0.4 is 5.32 Å². The Balaban J connectivity index is 2.03. The average molecular weight is 239 g/mol. The zero-order valence-corrected chi connectivity index (χ0v) is 9.80. The fourth-order valence-electron chi connectivity index (χ4n) is 2.16. The summed E-state index contributed by atoms with van der Waals surface area (Å²) >= 11 is 0. The molecular formula is C15H13NO2. The number of nitrogens with one attached hydrogen (secondary N) is 1. The molecule has 18 heavy (non-hydrogen) atoms.